The average Bonchev–Trinajstić information content (AvgIpc) is 2.08. The Hall–Kier alpha value is -0.0400. The summed E-state index contributed by atoms with van der Waals surface area (Å²) < 4.78 is 25.8. The van der Waals surface area contributed by atoms with Crippen LogP contribution in [0.5, 0.6) is 0 Å². The molecule has 0 amide bonds. The van der Waals surface area contributed by atoms with Gasteiger partial charge in [-0.3, -0.25) is 0 Å². The minimum Gasteiger partial charge on any atom is -0.238 e. The molecular weight excluding hydrogens is 404 g/mol. The van der Waals surface area contributed by atoms with Crippen LogP contribution in [0.2, 0.25) is 0 Å². The minimum absolute atomic E-state index is 0.0557. The molecule has 0 atom stereocenters. The largest absolute Gasteiger partial charge is 0.281 e. The number of nitriles is 1. The number of nitrogens with zero attached hydrogens (tertiary/aromatic N) is 2. The van der Waals surface area contributed by atoms with Crippen LogP contribution in [0.25, 0.3) is 0 Å². The Bertz CT molecular complexity index is 373. The lowest BCUT2D eigenvalue weighted by Crippen LogP contribution is -1.99. The summed E-state index contributed by atoms with van der Waals surface area (Å²) in [5, 5.41) is 8.55. The normalized spacial score (nSPS) is 10.2. The van der Waals surface area contributed by atoms with E-state index >= 15 is 0 Å². The number of halogens is 4. The molecule has 0 radical (unpaired) electrons. The summed E-state index contributed by atoms with van der Waals surface area (Å²) >= 11 is 3.80. The van der Waals surface area contributed by atoms with E-state index in [0.29, 0.717) is 7.27 Å². The van der Waals surface area contributed by atoms with Gasteiger partial charge in [-0.15, -0.1) is 0 Å². The zero-order valence-electron chi connectivity index (χ0n) is 6.06. The van der Waals surface area contributed by atoms with Gasteiger partial charge in [0.05, 0.1) is 5.56 Å². The third-order valence-corrected chi connectivity index (χ3v) is 3.97. The van der Waals surface area contributed by atoms with E-state index in [2.05, 4.69) is 4.98 Å². The van der Waals surface area contributed by atoms with Crippen molar-refractivity contribution in [1.82, 2.24) is 4.98 Å². The molecular formula is C7H2F2I2N2. The van der Waals surface area contributed by atoms with Crippen molar-refractivity contribution in [2.75, 3.05) is 0 Å². The molecule has 0 aromatic carbocycles. The molecule has 13 heavy (non-hydrogen) atoms. The van der Waals surface area contributed by atoms with Gasteiger partial charge in [-0.05, 0) is 51.2 Å². The van der Waals surface area contributed by atoms with Crippen molar-refractivity contribution in [3.8, 4) is 6.07 Å². The second-order valence-electron chi connectivity index (χ2n) is 2.11. The van der Waals surface area contributed by atoms with Gasteiger partial charge in [-0.2, -0.15) is 5.26 Å². The lowest BCUT2D eigenvalue weighted by molar-refractivity contribution is 0.145. The predicted molar refractivity (Wildman–Crippen MR) is 59.3 cm³/mol. The van der Waals surface area contributed by atoms with E-state index in [9.17, 15) is 8.78 Å². The van der Waals surface area contributed by atoms with Gasteiger partial charge in [-0.25, -0.2) is 13.8 Å². The first-order chi connectivity index (χ1) is 6.06. The zero-order chi connectivity index (χ0) is 10.0. The monoisotopic (exact) mass is 406 g/mol. The van der Waals surface area contributed by atoms with E-state index in [0.717, 1.165) is 0 Å². The smallest absolute Gasteiger partial charge is 0.238 e. The van der Waals surface area contributed by atoms with Crippen molar-refractivity contribution >= 4 is 45.2 Å². The molecule has 1 aromatic heterocycles. The molecule has 0 saturated heterocycles. The topological polar surface area (TPSA) is 36.7 Å². The summed E-state index contributed by atoms with van der Waals surface area (Å²) in [7, 11) is 0. The molecule has 0 aliphatic rings. The van der Waals surface area contributed by atoms with Crippen molar-refractivity contribution in [3.05, 3.63) is 24.6 Å². The van der Waals surface area contributed by atoms with Crippen molar-refractivity contribution in [3.63, 3.8) is 0 Å². The number of alkyl halides is 2. The van der Waals surface area contributed by atoms with Crippen molar-refractivity contribution < 1.29 is 8.78 Å². The fraction of sp³-hybridized carbons (Fsp3) is 0.143. The van der Waals surface area contributed by atoms with Crippen molar-refractivity contribution in [1.29, 1.82) is 5.26 Å². The number of aromatic nitrogens is 1. The molecule has 0 aliphatic heterocycles. The van der Waals surface area contributed by atoms with Crippen LogP contribution in [0.4, 0.5) is 8.78 Å². The van der Waals surface area contributed by atoms with Gasteiger partial charge in [0.1, 0.15) is 15.5 Å². The van der Waals surface area contributed by atoms with E-state index in [4.69, 9.17) is 5.26 Å². The molecule has 2 nitrogen and oxygen atoms in total. The highest BCUT2D eigenvalue weighted by Crippen LogP contribution is 2.24. The fourth-order valence-corrected chi connectivity index (χ4v) is 1.58. The summed E-state index contributed by atoms with van der Waals surface area (Å²) in [5.41, 5.74) is -0.493. The first kappa shape index (κ1) is 11.0. The van der Waals surface area contributed by atoms with Gasteiger partial charge in [0.15, 0.2) is 0 Å². The van der Waals surface area contributed by atoms with Gasteiger partial charge in [0.25, 0.3) is 6.43 Å². The Kier molecular flexibility index (Phi) is 3.78. The van der Waals surface area contributed by atoms with Crippen LogP contribution in [-0.4, -0.2) is 4.98 Å². The Morgan fingerprint density at radius 1 is 1.46 bits per heavy atom. The fourth-order valence-electron chi connectivity index (χ4n) is 0.735. The maximum absolute atomic E-state index is 12.3. The first-order valence-corrected chi connectivity index (χ1v) is 5.26. The Labute approximate surface area is 101 Å². The molecule has 0 unspecified atom stereocenters. The van der Waals surface area contributed by atoms with Gasteiger partial charge < -0.3 is 0 Å². The maximum atomic E-state index is 12.3. The molecule has 0 bridgehead atoms. The van der Waals surface area contributed by atoms with Crippen LogP contribution in [0.1, 0.15) is 17.7 Å². The van der Waals surface area contributed by atoms with E-state index in [1.54, 1.807) is 6.07 Å². The van der Waals surface area contributed by atoms with Gasteiger partial charge in [0.2, 0.25) is 0 Å². The van der Waals surface area contributed by atoms with Crippen LogP contribution in [0.3, 0.4) is 0 Å². The third-order valence-electron chi connectivity index (χ3n) is 1.29. The summed E-state index contributed by atoms with van der Waals surface area (Å²) in [6.45, 7) is 0. The SMILES string of the molecule is N#Cc1cc(I)c(I)nc1C(F)F. The molecule has 0 spiro atoms. The second-order valence-corrected chi connectivity index (χ2v) is 4.29. The number of hydrogen-bond acceptors (Lipinski definition) is 2. The molecule has 0 N–H and O–H groups in total. The highest BCUT2D eigenvalue weighted by molar-refractivity contribution is 14.1. The summed E-state index contributed by atoms with van der Waals surface area (Å²) in [4.78, 5) is 3.65. The molecule has 1 rings (SSSR count). The Balaban J connectivity index is 3.35. The first-order valence-electron chi connectivity index (χ1n) is 3.10. The van der Waals surface area contributed by atoms with Crippen LogP contribution in [-0.2, 0) is 0 Å². The summed E-state index contributed by atoms with van der Waals surface area (Å²) in [6.07, 6.45) is -2.69. The molecule has 0 aliphatic carbocycles. The van der Waals surface area contributed by atoms with Gasteiger partial charge in [-0.1, -0.05) is 0 Å². The van der Waals surface area contributed by atoms with Gasteiger partial charge in [0, 0.05) is 3.57 Å². The molecule has 68 valence electrons. The second kappa shape index (κ2) is 4.45. The summed E-state index contributed by atoms with van der Waals surface area (Å²) in [6, 6.07) is 3.11. The van der Waals surface area contributed by atoms with Crippen molar-refractivity contribution in [2.24, 2.45) is 0 Å². The van der Waals surface area contributed by atoms with Crippen LogP contribution in [0.15, 0.2) is 6.07 Å². The third kappa shape index (κ3) is 2.46. The molecule has 6 heteroatoms. The number of rotatable bonds is 1. The molecule has 1 heterocycles. The lowest BCUT2D eigenvalue weighted by Gasteiger charge is -2.03. The molecule has 0 saturated carbocycles. The van der Waals surface area contributed by atoms with E-state index in [1.165, 1.54) is 6.07 Å². The Morgan fingerprint density at radius 2 is 2.08 bits per heavy atom. The predicted octanol–water partition coefficient (Wildman–Crippen LogP) is 3.10. The average molecular weight is 406 g/mol. The molecule has 1 aromatic rings. The van der Waals surface area contributed by atoms with E-state index < -0.39 is 12.1 Å². The van der Waals surface area contributed by atoms with E-state index in [1.807, 2.05) is 45.2 Å². The van der Waals surface area contributed by atoms with Crippen LogP contribution in [0, 0.1) is 18.6 Å². The highest BCUT2D eigenvalue weighted by Gasteiger charge is 2.16. The summed E-state index contributed by atoms with van der Waals surface area (Å²) in [5.74, 6) is 0. The van der Waals surface area contributed by atoms with Crippen LogP contribution >= 0.6 is 45.2 Å². The number of hydrogen-bond donors (Lipinski definition) is 0. The maximum Gasteiger partial charge on any atom is 0.281 e. The minimum atomic E-state index is -2.69. The number of pyridine rings is 1. The van der Waals surface area contributed by atoms with E-state index in [-0.39, 0.29) is 5.56 Å². The Morgan fingerprint density at radius 3 is 2.54 bits per heavy atom. The highest BCUT2D eigenvalue weighted by atomic mass is 127. The lowest BCUT2D eigenvalue weighted by atomic mass is 10.2. The van der Waals surface area contributed by atoms with Crippen LogP contribution < -0.4 is 0 Å². The standard InChI is InChI=1S/C7H2F2I2N2/c8-6(9)5-3(2-12)1-4(10)7(11)13-5/h1,6H. The van der Waals surface area contributed by atoms with Gasteiger partial charge >= 0.3 is 0 Å². The quantitative estimate of drug-likeness (QED) is 0.531. The van der Waals surface area contributed by atoms with Crippen molar-refractivity contribution in [2.45, 2.75) is 6.43 Å². The molecule has 0 fully saturated rings. The zero-order valence-corrected chi connectivity index (χ0v) is 10.4.